The predicted octanol–water partition coefficient (Wildman–Crippen LogP) is 1.88. The highest BCUT2D eigenvalue weighted by molar-refractivity contribution is 5.80. The lowest BCUT2D eigenvalue weighted by atomic mass is 10.3. The van der Waals surface area contributed by atoms with Gasteiger partial charge in [-0.1, -0.05) is 0 Å². The summed E-state index contributed by atoms with van der Waals surface area (Å²) < 4.78 is 26.5. The quantitative estimate of drug-likeness (QED) is 0.688. The molecule has 2 heterocycles. The third-order valence-electron chi connectivity index (χ3n) is 2.46. The molecule has 0 radical (unpaired) electrons. The zero-order chi connectivity index (χ0) is 12.7. The number of anilines is 1. The smallest absolute Gasteiger partial charge is 0.161 e. The van der Waals surface area contributed by atoms with E-state index >= 15 is 0 Å². The normalized spacial score (nSPS) is 11.0. The first-order chi connectivity index (χ1) is 8.65. The van der Waals surface area contributed by atoms with Crippen molar-refractivity contribution in [2.45, 2.75) is 0 Å². The predicted molar refractivity (Wildman–Crippen MR) is 61.4 cm³/mol. The number of aromatic nitrogens is 4. The Kier molecular flexibility index (Phi) is 2.19. The largest absolute Gasteiger partial charge is 0.382 e. The number of nitrogens with two attached hydrogens (primary N) is 1. The van der Waals surface area contributed by atoms with Gasteiger partial charge in [0.25, 0.3) is 0 Å². The fraction of sp³-hybridized carbons (Fsp3) is 0. The summed E-state index contributed by atoms with van der Waals surface area (Å²) in [6.45, 7) is 0. The van der Waals surface area contributed by atoms with Crippen molar-refractivity contribution in [2.75, 3.05) is 5.73 Å². The molecule has 0 atom stereocenters. The van der Waals surface area contributed by atoms with Crippen molar-refractivity contribution in [2.24, 2.45) is 0 Å². The maximum Gasteiger partial charge on any atom is 0.161 e. The summed E-state index contributed by atoms with van der Waals surface area (Å²) in [6.07, 6.45) is 2.87. The minimum Gasteiger partial charge on any atom is -0.382 e. The zero-order valence-electron chi connectivity index (χ0n) is 8.98. The second-order valence-electron chi connectivity index (χ2n) is 3.66. The van der Waals surface area contributed by atoms with Gasteiger partial charge in [0, 0.05) is 18.5 Å². The van der Waals surface area contributed by atoms with Gasteiger partial charge in [-0.2, -0.15) is 0 Å². The lowest BCUT2D eigenvalue weighted by Crippen LogP contribution is -1.96. The molecule has 7 heteroatoms. The third-order valence-corrected chi connectivity index (χ3v) is 2.46. The standard InChI is InChI=1S/C11H7F2N5/c12-5-3-6(13)8-7(4-5)17-11(18-8)9-10(14)16-2-1-15-9/h1-4H,(H2,14,16)(H,17,18). The van der Waals surface area contributed by atoms with E-state index in [-0.39, 0.29) is 22.7 Å². The minimum atomic E-state index is -0.741. The molecule has 0 bridgehead atoms. The first-order valence-electron chi connectivity index (χ1n) is 5.07. The molecule has 3 aromatic rings. The summed E-state index contributed by atoms with van der Waals surface area (Å²) in [5.74, 6) is -1.00. The van der Waals surface area contributed by atoms with E-state index in [1.54, 1.807) is 0 Å². The topological polar surface area (TPSA) is 80.5 Å². The van der Waals surface area contributed by atoms with Crippen molar-refractivity contribution >= 4 is 16.9 Å². The molecule has 3 N–H and O–H groups in total. The monoisotopic (exact) mass is 247 g/mol. The number of hydrogen-bond acceptors (Lipinski definition) is 4. The Labute approximate surface area is 99.7 Å². The van der Waals surface area contributed by atoms with Crippen LogP contribution in [0.4, 0.5) is 14.6 Å². The van der Waals surface area contributed by atoms with Crippen LogP contribution in [0.15, 0.2) is 24.5 Å². The Hall–Kier alpha value is -2.57. The van der Waals surface area contributed by atoms with Crippen LogP contribution < -0.4 is 5.73 Å². The average molecular weight is 247 g/mol. The fourth-order valence-corrected chi connectivity index (χ4v) is 1.69. The molecule has 0 unspecified atom stereocenters. The fourth-order valence-electron chi connectivity index (χ4n) is 1.69. The molecule has 18 heavy (non-hydrogen) atoms. The summed E-state index contributed by atoms with van der Waals surface area (Å²) in [7, 11) is 0. The maximum atomic E-state index is 13.5. The van der Waals surface area contributed by atoms with E-state index < -0.39 is 11.6 Å². The second kappa shape index (κ2) is 3.73. The number of nitrogen functional groups attached to an aromatic ring is 1. The van der Waals surface area contributed by atoms with E-state index in [1.165, 1.54) is 12.4 Å². The van der Waals surface area contributed by atoms with Gasteiger partial charge in [-0.25, -0.2) is 23.7 Å². The van der Waals surface area contributed by atoms with E-state index in [9.17, 15) is 8.78 Å². The van der Waals surface area contributed by atoms with E-state index in [0.717, 1.165) is 12.1 Å². The van der Waals surface area contributed by atoms with E-state index in [0.29, 0.717) is 5.69 Å². The first-order valence-corrected chi connectivity index (χ1v) is 5.07. The Morgan fingerprint density at radius 3 is 2.67 bits per heavy atom. The van der Waals surface area contributed by atoms with Crippen LogP contribution in [-0.4, -0.2) is 19.9 Å². The highest BCUT2D eigenvalue weighted by Gasteiger charge is 2.13. The summed E-state index contributed by atoms with van der Waals surface area (Å²) in [4.78, 5) is 14.6. The number of fused-ring (bicyclic) bond motifs is 1. The molecule has 0 saturated carbocycles. The van der Waals surface area contributed by atoms with Crippen molar-refractivity contribution in [1.29, 1.82) is 0 Å². The maximum absolute atomic E-state index is 13.5. The molecule has 0 amide bonds. The van der Waals surface area contributed by atoms with Gasteiger partial charge in [-0.3, -0.25) is 0 Å². The van der Waals surface area contributed by atoms with Gasteiger partial charge in [0.2, 0.25) is 0 Å². The molecule has 1 aromatic carbocycles. The van der Waals surface area contributed by atoms with E-state index in [2.05, 4.69) is 19.9 Å². The Bertz CT molecular complexity index is 737. The minimum absolute atomic E-state index is 0.0384. The van der Waals surface area contributed by atoms with E-state index in [4.69, 9.17) is 5.73 Å². The molecule has 0 saturated heterocycles. The Morgan fingerprint density at radius 2 is 1.89 bits per heavy atom. The first kappa shape index (κ1) is 10.6. The van der Waals surface area contributed by atoms with Crippen molar-refractivity contribution in [3.8, 4) is 11.5 Å². The number of imidazole rings is 1. The number of nitrogens with zero attached hydrogens (tertiary/aromatic N) is 3. The highest BCUT2D eigenvalue weighted by Crippen LogP contribution is 2.24. The Morgan fingerprint density at radius 1 is 1.11 bits per heavy atom. The lowest BCUT2D eigenvalue weighted by Gasteiger charge is -1.97. The van der Waals surface area contributed by atoms with Gasteiger partial charge in [0.1, 0.15) is 17.0 Å². The van der Waals surface area contributed by atoms with Crippen molar-refractivity contribution in [1.82, 2.24) is 19.9 Å². The third kappa shape index (κ3) is 1.56. The average Bonchev–Trinajstić information content (AvgIpc) is 2.73. The van der Waals surface area contributed by atoms with Gasteiger partial charge < -0.3 is 10.7 Å². The number of hydrogen-bond donors (Lipinski definition) is 2. The van der Waals surface area contributed by atoms with Gasteiger partial charge in [0.05, 0.1) is 5.52 Å². The van der Waals surface area contributed by atoms with Crippen LogP contribution in [0.5, 0.6) is 0 Å². The number of benzene rings is 1. The summed E-state index contributed by atoms with van der Waals surface area (Å²) in [6, 6.07) is 1.93. The SMILES string of the molecule is Nc1nccnc1-c1nc2c(F)cc(F)cc2[nH]1. The van der Waals surface area contributed by atoms with Crippen molar-refractivity contribution < 1.29 is 8.78 Å². The van der Waals surface area contributed by atoms with Gasteiger partial charge in [0.15, 0.2) is 17.5 Å². The Balaban J connectivity index is 2.26. The summed E-state index contributed by atoms with van der Waals surface area (Å²) >= 11 is 0. The lowest BCUT2D eigenvalue weighted by molar-refractivity contribution is 0.591. The van der Waals surface area contributed by atoms with Crippen LogP contribution in [-0.2, 0) is 0 Å². The number of nitrogens with one attached hydrogen (secondary N) is 1. The molecule has 0 fully saturated rings. The molecule has 5 nitrogen and oxygen atoms in total. The van der Waals surface area contributed by atoms with Crippen molar-refractivity contribution in [3.63, 3.8) is 0 Å². The number of rotatable bonds is 1. The zero-order valence-corrected chi connectivity index (χ0v) is 8.98. The molecule has 0 aliphatic carbocycles. The van der Waals surface area contributed by atoms with Crippen molar-refractivity contribution in [3.05, 3.63) is 36.2 Å². The number of halogens is 2. The molecular weight excluding hydrogens is 240 g/mol. The van der Waals surface area contributed by atoms with Crippen LogP contribution in [0.1, 0.15) is 0 Å². The van der Waals surface area contributed by atoms with Gasteiger partial charge in [-0.05, 0) is 6.07 Å². The molecule has 2 aromatic heterocycles. The van der Waals surface area contributed by atoms with Crippen LogP contribution >= 0.6 is 0 Å². The van der Waals surface area contributed by atoms with Crippen LogP contribution in [0.3, 0.4) is 0 Å². The molecule has 0 aliphatic rings. The molecule has 90 valence electrons. The second-order valence-corrected chi connectivity index (χ2v) is 3.66. The number of aromatic amines is 1. The summed E-state index contributed by atoms with van der Waals surface area (Å²) in [5.41, 5.74) is 6.22. The van der Waals surface area contributed by atoms with Crippen LogP contribution in [0.2, 0.25) is 0 Å². The number of H-pyrrole nitrogens is 1. The molecule has 0 spiro atoms. The van der Waals surface area contributed by atoms with Gasteiger partial charge >= 0.3 is 0 Å². The van der Waals surface area contributed by atoms with Crippen LogP contribution in [0, 0.1) is 11.6 Å². The molecular formula is C11H7F2N5. The molecule has 3 rings (SSSR count). The van der Waals surface area contributed by atoms with Crippen LogP contribution in [0.25, 0.3) is 22.6 Å². The van der Waals surface area contributed by atoms with E-state index in [1.807, 2.05) is 0 Å². The summed E-state index contributed by atoms with van der Waals surface area (Å²) in [5, 5.41) is 0. The highest BCUT2D eigenvalue weighted by atomic mass is 19.1. The van der Waals surface area contributed by atoms with Gasteiger partial charge in [-0.15, -0.1) is 0 Å². The molecule has 0 aliphatic heterocycles.